The Bertz CT molecular complexity index is 661. The van der Waals surface area contributed by atoms with E-state index in [4.69, 9.17) is 0 Å². The van der Waals surface area contributed by atoms with Gasteiger partial charge >= 0.3 is 0 Å². The van der Waals surface area contributed by atoms with Crippen molar-refractivity contribution in [3.05, 3.63) is 0 Å². The van der Waals surface area contributed by atoms with E-state index in [1.165, 1.54) is 19.3 Å². The summed E-state index contributed by atoms with van der Waals surface area (Å²) < 4.78 is 24.2. The van der Waals surface area contributed by atoms with E-state index in [0.717, 1.165) is 30.3 Å². The first-order chi connectivity index (χ1) is 11.5. The van der Waals surface area contributed by atoms with Gasteiger partial charge in [0.25, 0.3) is 0 Å². The topological polar surface area (TPSA) is 66.8 Å². The molecule has 24 heavy (non-hydrogen) atoms. The van der Waals surface area contributed by atoms with Crippen LogP contribution in [0.25, 0.3) is 0 Å². The Hall–Kier alpha value is -0.560. The van der Waals surface area contributed by atoms with Crippen molar-refractivity contribution in [2.24, 2.45) is 16.8 Å². The van der Waals surface area contributed by atoms with Crippen LogP contribution >= 0.6 is 11.8 Å². The molecule has 0 aromatic heterocycles. The number of amidine groups is 1. The van der Waals surface area contributed by atoms with Gasteiger partial charge in [-0.25, -0.2) is 8.42 Å². The van der Waals surface area contributed by atoms with Crippen LogP contribution in [0.3, 0.4) is 0 Å². The van der Waals surface area contributed by atoms with E-state index in [1.807, 2.05) is 0 Å². The number of thioether (sulfide) groups is 1. The second-order valence-corrected chi connectivity index (χ2v) is 11.2. The Morgan fingerprint density at radius 2 is 2.08 bits per heavy atom. The van der Waals surface area contributed by atoms with Crippen molar-refractivity contribution < 1.29 is 13.2 Å². The van der Waals surface area contributed by atoms with Crippen molar-refractivity contribution >= 4 is 32.7 Å². The van der Waals surface area contributed by atoms with Crippen molar-refractivity contribution in [3.8, 4) is 0 Å². The maximum Gasteiger partial charge on any atom is 0.248 e. The van der Waals surface area contributed by atoms with Crippen molar-refractivity contribution in [1.29, 1.82) is 0 Å². The van der Waals surface area contributed by atoms with Crippen molar-refractivity contribution in [3.63, 3.8) is 0 Å². The fourth-order valence-electron chi connectivity index (χ4n) is 5.02. The van der Waals surface area contributed by atoms with Crippen LogP contribution in [-0.2, 0) is 14.6 Å². The van der Waals surface area contributed by atoms with E-state index in [9.17, 15) is 13.2 Å². The number of amides is 1. The molecule has 0 spiro atoms. The monoisotopic (exact) mass is 370 g/mol. The van der Waals surface area contributed by atoms with Crippen LogP contribution in [0.15, 0.2) is 4.99 Å². The second kappa shape index (κ2) is 6.31. The summed E-state index contributed by atoms with van der Waals surface area (Å²) in [6.45, 7) is 2.07. The number of aliphatic imine (C=N–C) groups is 1. The molecule has 7 heteroatoms. The van der Waals surface area contributed by atoms with Crippen molar-refractivity contribution in [2.45, 2.75) is 69.2 Å². The largest absolute Gasteiger partial charge is 0.343 e. The Morgan fingerprint density at radius 3 is 2.75 bits per heavy atom. The maximum absolute atomic E-state index is 12.2. The molecule has 4 aliphatic rings. The first-order valence-corrected chi connectivity index (χ1v) is 11.9. The Kier molecular flexibility index (Phi) is 4.44. The highest BCUT2D eigenvalue weighted by Crippen LogP contribution is 2.51. The van der Waals surface area contributed by atoms with Gasteiger partial charge in [0.15, 0.2) is 15.0 Å². The normalized spacial score (nSPS) is 41.3. The minimum atomic E-state index is -2.95. The minimum Gasteiger partial charge on any atom is -0.343 e. The summed E-state index contributed by atoms with van der Waals surface area (Å²) in [6.07, 6.45) is 7.34. The third-order valence-corrected chi connectivity index (χ3v) is 9.35. The molecule has 0 radical (unpaired) electrons. The molecule has 2 heterocycles. The van der Waals surface area contributed by atoms with E-state index >= 15 is 0 Å². The molecule has 134 valence electrons. The van der Waals surface area contributed by atoms with E-state index in [2.05, 4.69) is 16.8 Å². The summed E-state index contributed by atoms with van der Waals surface area (Å²) in [5.41, 5.74) is 0. The van der Waals surface area contributed by atoms with Crippen LogP contribution in [0.1, 0.15) is 51.9 Å². The van der Waals surface area contributed by atoms with E-state index in [-0.39, 0.29) is 28.7 Å². The zero-order chi connectivity index (χ0) is 16.9. The van der Waals surface area contributed by atoms with Crippen LogP contribution in [0.4, 0.5) is 0 Å². The molecule has 2 saturated carbocycles. The summed E-state index contributed by atoms with van der Waals surface area (Å²) in [5.74, 6) is 1.88. The number of fused-ring (bicyclic) bond motifs is 3. The Labute approximate surface area is 148 Å². The highest BCUT2D eigenvalue weighted by Gasteiger charge is 2.54. The summed E-state index contributed by atoms with van der Waals surface area (Å²) in [7, 11) is -2.95. The highest BCUT2D eigenvalue weighted by atomic mass is 32.2. The molecule has 2 aliphatic carbocycles. The number of rotatable bonds is 4. The number of sulfone groups is 1. The minimum absolute atomic E-state index is 0.0297. The van der Waals surface area contributed by atoms with Crippen LogP contribution in [0, 0.1) is 11.8 Å². The van der Waals surface area contributed by atoms with Gasteiger partial charge in [-0.15, -0.1) is 0 Å². The van der Waals surface area contributed by atoms with Gasteiger partial charge in [-0.05, 0) is 37.5 Å². The van der Waals surface area contributed by atoms with Gasteiger partial charge in [0.2, 0.25) is 5.91 Å². The fraction of sp³-hybridized carbons (Fsp3) is 0.882. The summed E-state index contributed by atoms with van der Waals surface area (Å²) in [6, 6.07) is 0.430. The number of unbranched alkanes of at least 4 members (excludes halogenated alkanes) is 1. The molecule has 5 atom stereocenters. The summed E-state index contributed by atoms with van der Waals surface area (Å²) >= 11 is 1.54. The highest BCUT2D eigenvalue weighted by molar-refractivity contribution is 8.15. The van der Waals surface area contributed by atoms with Crippen molar-refractivity contribution in [1.82, 2.24) is 4.90 Å². The molecule has 2 bridgehead atoms. The molecular weight excluding hydrogens is 344 g/mol. The predicted octanol–water partition coefficient (Wildman–Crippen LogP) is 2.46. The Balaban J connectivity index is 1.59. The lowest BCUT2D eigenvalue weighted by Gasteiger charge is -2.36. The van der Waals surface area contributed by atoms with Crippen LogP contribution in [0.5, 0.6) is 0 Å². The van der Waals surface area contributed by atoms with Crippen molar-refractivity contribution in [2.75, 3.05) is 11.5 Å². The second-order valence-electron chi connectivity index (χ2n) is 7.84. The fourth-order valence-corrected chi connectivity index (χ4v) is 9.01. The van der Waals surface area contributed by atoms with Crippen LogP contribution < -0.4 is 0 Å². The summed E-state index contributed by atoms with van der Waals surface area (Å²) in [5, 5.41) is 0.880. The first-order valence-electron chi connectivity index (χ1n) is 9.24. The van der Waals surface area contributed by atoms with Gasteiger partial charge in [-0.2, -0.15) is 4.99 Å². The first kappa shape index (κ1) is 16.9. The molecule has 0 aromatic rings. The van der Waals surface area contributed by atoms with E-state index < -0.39 is 9.84 Å². The number of hydrogen-bond acceptors (Lipinski definition) is 4. The number of carbonyl (C=O) groups excluding carboxylic acids is 1. The van der Waals surface area contributed by atoms with Gasteiger partial charge < -0.3 is 4.90 Å². The van der Waals surface area contributed by atoms with Gasteiger partial charge in [-0.3, -0.25) is 4.79 Å². The predicted molar refractivity (Wildman–Crippen MR) is 96.9 cm³/mol. The molecule has 0 unspecified atom stereocenters. The summed E-state index contributed by atoms with van der Waals surface area (Å²) in [4.78, 5) is 18.9. The molecule has 4 rings (SSSR count). The standard InChI is InChI=1S/C17H26N2O3S2/c1-2-3-4-16(20)18-17-19(13-8-11-5-6-12(13)7-11)14-9-24(21,22)10-15(14)23-17/h11-15H,2-10H2,1H3/t11-,12-,13-,14-,15+/m0/s1. The lowest BCUT2D eigenvalue weighted by atomic mass is 9.93. The molecule has 5 nitrogen and oxygen atoms in total. The quantitative estimate of drug-likeness (QED) is 0.760. The van der Waals surface area contributed by atoms with Crippen LogP contribution in [-0.4, -0.2) is 53.2 Å². The molecule has 0 N–H and O–H groups in total. The average Bonchev–Trinajstić information content (AvgIpc) is 3.24. The zero-order valence-corrected chi connectivity index (χ0v) is 15.8. The van der Waals surface area contributed by atoms with Gasteiger partial charge in [-0.1, -0.05) is 31.5 Å². The molecular formula is C17H26N2O3S2. The lowest BCUT2D eigenvalue weighted by Crippen LogP contribution is -2.47. The number of carbonyl (C=O) groups is 1. The van der Waals surface area contributed by atoms with E-state index in [0.29, 0.717) is 18.4 Å². The molecule has 1 amide bonds. The Morgan fingerprint density at radius 1 is 1.25 bits per heavy atom. The molecule has 2 aliphatic heterocycles. The third kappa shape index (κ3) is 3.02. The number of hydrogen-bond donors (Lipinski definition) is 0. The average molecular weight is 371 g/mol. The van der Waals surface area contributed by atoms with Gasteiger partial charge in [0.05, 0.1) is 17.5 Å². The smallest absolute Gasteiger partial charge is 0.248 e. The number of nitrogens with zero attached hydrogens (tertiary/aromatic N) is 2. The molecule has 2 saturated heterocycles. The van der Waals surface area contributed by atoms with Crippen LogP contribution in [0.2, 0.25) is 0 Å². The van der Waals surface area contributed by atoms with E-state index in [1.54, 1.807) is 11.8 Å². The lowest BCUT2D eigenvalue weighted by molar-refractivity contribution is -0.117. The molecule has 0 aromatic carbocycles. The van der Waals surface area contributed by atoms with Gasteiger partial charge in [0.1, 0.15) is 0 Å². The SMILES string of the molecule is CCCCC(=O)N=C1S[C@@H]2CS(=O)(=O)C[C@@H]2N1[C@H]1C[C@H]2CC[C@H]1C2. The molecule has 4 fully saturated rings. The van der Waals surface area contributed by atoms with Gasteiger partial charge in [0, 0.05) is 17.7 Å². The maximum atomic E-state index is 12.2. The zero-order valence-electron chi connectivity index (χ0n) is 14.2. The third-order valence-electron chi connectivity index (χ3n) is 6.13.